The first kappa shape index (κ1) is 15.7. The summed E-state index contributed by atoms with van der Waals surface area (Å²) in [6.45, 7) is 1.84. The largest absolute Gasteiger partial charge is 0.310 e. The molecule has 0 bridgehead atoms. The van der Waals surface area contributed by atoms with Crippen molar-refractivity contribution < 1.29 is 0 Å². The van der Waals surface area contributed by atoms with E-state index < -0.39 is 0 Å². The molecule has 3 rings (SSSR count). The first-order valence-corrected chi connectivity index (χ1v) is 8.96. The summed E-state index contributed by atoms with van der Waals surface area (Å²) >= 11 is 7.80. The van der Waals surface area contributed by atoms with E-state index in [4.69, 9.17) is 11.6 Å². The molecule has 2 heterocycles. The molecule has 0 fully saturated rings. The molecule has 1 aliphatic carbocycles. The third kappa shape index (κ3) is 4.15. The molecule has 0 radical (unpaired) electrons. The second-order valence-electron chi connectivity index (χ2n) is 5.49. The quantitative estimate of drug-likeness (QED) is 0.467. The zero-order valence-corrected chi connectivity index (χ0v) is 14.1. The van der Waals surface area contributed by atoms with Crippen LogP contribution in [0, 0.1) is 0 Å². The van der Waals surface area contributed by atoms with Gasteiger partial charge in [-0.3, -0.25) is 0 Å². The highest BCUT2D eigenvalue weighted by Crippen LogP contribution is 2.30. The number of rotatable bonds is 6. The summed E-state index contributed by atoms with van der Waals surface area (Å²) in [5.74, 6) is 0. The van der Waals surface area contributed by atoms with Crippen molar-refractivity contribution in [2.24, 2.45) is 0 Å². The van der Waals surface area contributed by atoms with Gasteiger partial charge < -0.3 is 5.32 Å². The molecule has 0 aromatic carbocycles. The molecule has 0 aliphatic heterocycles. The van der Waals surface area contributed by atoms with E-state index in [1.54, 1.807) is 23.1 Å². The van der Waals surface area contributed by atoms with Gasteiger partial charge in [0, 0.05) is 24.5 Å². The molecule has 1 N–H and O–H groups in total. The molecule has 1 aliphatic rings. The first-order valence-electron chi connectivity index (χ1n) is 7.77. The van der Waals surface area contributed by atoms with Gasteiger partial charge in [-0.15, -0.1) is 11.3 Å². The van der Waals surface area contributed by atoms with E-state index in [0.717, 1.165) is 35.0 Å². The molecular weight excluding hydrogens is 314 g/mol. The number of hydrogen-bond acceptors (Lipinski definition) is 4. The summed E-state index contributed by atoms with van der Waals surface area (Å²) < 4.78 is 0. The fourth-order valence-corrected chi connectivity index (χ4v) is 3.85. The number of nitrogens with zero attached hydrogens (tertiary/aromatic N) is 2. The first-order chi connectivity index (χ1) is 10.8. The highest BCUT2D eigenvalue weighted by atomic mass is 35.5. The van der Waals surface area contributed by atoms with Gasteiger partial charge in [-0.25, -0.2) is 9.97 Å². The zero-order chi connectivity index (χ0) is 15.2. The van der Waals surface area contributed by atoms with Gasteiger partial charge in [-0.2, -0.15) is 0 Å². The molecule has 3 nitrogen and oxygen atoms in total. The molecule has 0 unspecified atom stereocenters. The van der Waals surface area contributed by atoms with E-state index in [-0.39, 0.29) is 0 Å². The second kappa shape index (κ2) is 7.86. The van der Waals surface area contributed by atoms with E-state index in [1.165, 1.54) is 25.7 Å². The Morgan fingerprint density at radius 2 is 2.23 bits per heavy atom. The molecular formula is C17H20ClN3S. The smallest absolute Gasteiger partial charge is 0.137 e. The van der Waals surface area contributed by atoms with Crippen molar-refractivity contribution in [2.45, 2.75) is 38.6 Å². The number of nitrogens with one attached hydrogen (secondary N) is 1. The number of aromatic nitrogens is 2. The van der Waals surface area contributed by atoms with Crippen LogP contribution in [-0.4, -0.2) is 16.5 Å². The summed E-state index contributed by atoms with van der Waals surface area (Å²) in [5.41, 5.74) is 2.57. The van der Waals surface area contributed by atoms with E-state index in [2.05, 4.69) is 21.4 Å². The van der Waals surface area contributed by atoms with Crippen LogP contribution in [0.5, 0.6) is 0 Å². The minimum absolute atomic E-state index is 0.537. The molecule has 0 amide bonds. The summed E-state index contributed by atoms with van der Waals surface area (Å²) in [6.07, 6.45) is 12.4. The molecule has 0 spiro atoms. The lowest BCUT2D eigenvalue weighted by Gasteiger charge is -2.12. The van der Waals surface area contributed by atoms with E-state index in [9.17, 15) is 0 Å². The maximum Gasteiger partial charge on any atom is 0.137 e. The van der Waals surface area contributed by atoms with Gasteiger partial charge in [0.05, 0.1) is 4.88 Å². The fourth-order valence-electron chi connectivity index (χ4n) is 2.66. The summed E-state index contributed by atoms with van der Waals surface area (Å²) in [4.78, 5) is 9.66. The third-order valence-electron chi connectivity index (χ3n) is 3.86. The number of hydrogen-bond donors (Lipinski definition) is 1. The van der Waals surface area contributed by atoms with Crippen molar-refractivity contribution in [1.29, 1.82) is 0 Å². The Morgan fingerprint density at radius 1 is 1.27 bits per heavy atom. The van der Waals surface area contributed by atoms with Crippen LogP contribution < -0.4 is 5.32 Å². The average Bonchev–Trinajstić information content (AvgIpc) is 3.02. The zero-order valence-electron chi connectivity index (χ0n) is 12.5. The maximum atomic E-state index is 6.13. The Labute approximate surface area is 140 Å². The highest BCUT2D eigenvalue weighted by molar-refractivity contribution is 7.15. The SMILES string of the molecule is Clc1ncccc1-c1cnc(CNCCC2=CCCCC2)s1. The molecule has 0 saturated carbocycles. The molecule has 2 aromatic rings. The Hall–Kier alpha value is -1.23. The van der Waals surface area contributed by atoms with Crippen LogP contribution in [-0.2, 0) is 6.54 Å². The van der Waals surface area contributed by atoms with Crippen LogP contribution in [0.3, 0.4) is 0 Å². The molecule has 0 saturated heterocycles. The van der Waals surface area contributed by atoms with Crippen molar-refractivity contribution in [2.75, 3.05) is 6.54 Å². The molecule has 116 valence electrons. The minimum atomic E-state index is 0.537. The number of pyridine rings is 1. The van der Waals surface area contributed by atoms with Crippen molar-refractivity contribution in [1.82, 2.24) is 15.3 Å². The Morgan fingerprint density at radius 3 is 3.05 bits per heavy atom. The average molecular weight is 334 g/mol. The van der Waals surface area contributed by atoms with Gasteiger partial charge in [0.15, 0.2) is 0 Å². The maximum absolute atomic E-state index is 6.13. The van der Waals surface area contributed by atoms with E-state index in [1.807, 2.05) is 18.3 Å². The normalized spacial score (nSPS) is 14.9. The van der Waals surface area contributed by atoms with Gasteiger partial charge in [-0.1, -0.05) is 23.3 Å². The van der Waals surface area contributed by atoms with E-state index >= 15 is 0 Å². The van der Waals surface area contributed by atoms with Gasteiger partial charge >= 0.3 is 0 Å². The Bertz CT molecular complexity index is 651. The predicted octanol–water partition coefficient (Wildman–Crippen LogP) is 4.84. The third-order valence-corrected chi connectivity index (χ3v) is 5.19. The van der Waals surface area contributed by atoms with Crippen LogP contribution in [0.4, 0.5) is 0 Å². The van der Waals surface area contributed by atoms with Crippen LogP contribution >= 0.6 is 22.9 Å². The van der Waals surface area contributed by atoms with Gasteiger partial charge in [0.2, 0.25) is 0 Å². The van der Waals surface area contributed by atoms with E-state index in [0.29, 0.717) is 5.15 Å². The van der Waals surface area contributed by atoms with Crippen molar-refractivity contribution in [3.63, 3.8) is 0 Å². The van der Waals surface area contributed by atoms with Gasteiger partial charge in [0.25, 0.3) is 0 Å². The predicted molar refractivity (Wildman–Crippen MR) is 93.2 cm³/mol. The summed E-state index contributed by atoms with van der Waals surface area (Å²) in [6, 6.07) is 3.88. The standard InChI is InChI=1S/C17H20ClN3S/c18-17-14(7-4-9-20-17)15-11-21-16(22-15)12-19-10-8-13-5-2-1-3-6-13/h4-5,7,9,11,19H,1-3,6,8,10,12H2. The number of halogens is 1. The minimum Gasteiger partial charge on any atom is -0.310 e. The molecule has 5 heteroatoms. The summed E-state index contributed by atoms with van der Waals surface area (Å²) in [5, 5.41) is 5.11. The van der Waals surface area contributed by atoms with Crippen molar-refractivity contribution >= 4 is 22.9 Å². The topological polar surface area (TPSA) is 37.8 Å². The molecule has 0 atom stereocenters. The Balaban J connectivity index is 1.50. The number of allylic oxidation sites excluding steroid dienone is 1. The summed E-state index contributed by atoms with van der Waals surface area (Å²) in [7, 11) is 0. The van der Waals surface area contributed by atoms with Gasteiger partial charge in [0.1, 0.15) is 10.2 Å². The lowest BCUT2D eigenvalue weighted by molar-refractivity contribution is 0.631. The van der Waals surface area contributed by atoms with Crippen molar-refractivity contribution in [3.8, 4) is 10.4 Å². The molecule has 22 heavy (non-hydrogen) atoms. The van der Waals surface area contributed by atoms with Crippen LogP contribution in [0.25, 0.3) is 10.4 Å². The highest BCUT2D eigenvalue weighted by Gasteiger charge is 2.08. The lowest BCUT2D eigenvalue weighted by atomic mass is 9.97. The van der Waals surface area contributed by atoms with Crippen LogP contribution in [0.1, 0.15) is 37.1 Å². The monoisotopic (exact) mass is 333 g/mol. The number of thiazole rings is 1. The van der Waals surface area contributed by atoms with Crippen molar-refractivity contribution in [3.05, 3.63) is 46.3 Å². The lowest BCUT2D eigenvalue weighted by Crippen LogP contribution is -2.15. The molecule has 2 aromatic heterocycles. The van der Waals surface area contributed by atoms with Gasteiger partial charge in [-0.05, 0) is 50.8 Å². The second-order valence-corrected chi connectivity index (χ2v) is 6.97. The van der Waals surface area contributed by atoms with Crippen LogP contribution in [0.2, 0.25) is 5.15 Å². The van der Waals surface area contributed by atoms with Crippen LogP contribution in [0.15, 0.2) is 36.2 Å². The Kier molecular flexibility index (Phi) is 5.59. The fraction of sp³-hybridized carbons (Fsp3) is 0.412.